The molecule has 0 spiro atoms. The zero-order valence-corrected chi connectivity index (χ0v) is 12.1. The van der Waals surface area contributed by atoms with E-state index in [1.165, 1.54) is 19.2 Å². The van der Waals surface area contributed by atoms with E-state index >= 15 is 0 Å². The minimum absolute atomic E-state index is 0.364. The highest BCUT2D eigenvalue weighted by atomic mass is 19.1. The van der Waals surface area contributed by atoms with Gasteiger partial charge in [-0.2, -0.15) is 0 Å². The molecule has 1 unspecified atom stereocenters. The van der Waals surface area contributed by atoms with Crippen molar-refractivity contribution in [3.05, 3.63) is 58.7 Å². The Balaban J connectivity index is 2.49. The van der Waals surface area contributed by atoms with Gasteiger partial charge in [-0.15, -0.1) is 0 Å². The number of methoxy groups -OCH3 is 2. The zero-order chi connectivity index (χ0) is 15.6. The van der Waals surface area contributed by atoms with Crippen LogP contribution in [0.2, 0.25) is 0 Å². The maximum absolute atomic E-state index is 13.3. The molecule has 0 aliphatic heterocycles. The molecular formula is C16H17F2NO2. The van der Waals surface area contributed by atoms with Crippen LogP contribution in [-0.4, -0.2) is 14.2 Å². The second-order valence-electron chi connectivity index (χ2n) is 4.74. The van der Waals surface area contributed by atoms with Crippen LogP contribution >= 0.6 is 0 Å². The molecule has 0 heterocycles. The quantitative estimate of drug-likeness (QED) is 0.940. The first-order valence-corrected chi connectivity index (χ1v) is 6.40. The van der Waals surface area contributed by atoms with E-state index in [2.05, 4.69) is 0 Å². The van der Waals surface area contributed by atoms with Crippen LogP contribution in [0.1, 0.15) is 22.7 Å². The summed E-state index contributed by atoms with van der Waals surface area (Å²) in [6, 6.07) is 6.12. The Bertz CT molecular complexity index is 639. The zero-order valence-electron chi connectivity index (χ0n) is 12.1. The predicted octanol–water partition coefficient (Wildman–Crippen LogP) is 3.34. The fourth-order valence-corrected chi connectivity index (χ4v) is 2.27. The molecule has 2 N–H and O–H groups in total. The Kier molecular flexibility index (Phi) is 4.43. The van der Waals surface area contributed by atoms with Crippen molar-refractivity contribution in [2.75, 3.05) is 14.2 Å². The summed E-state index contributed by atoms with van der Waals surface area (Å²) in [5.74, 6) is -0.209. The molecule has 5 heteroatoms. The molecule has 0 fully saturated rings. The summed E-state index contributed by atoms with van der Waals surface area (Å²) < 4.78 is 37.1. The standard InChI is InChI=1S/C16H17F2NO2/c1-9-4-14(20-2)15(21-3)8-13(9)16(19)10-5-11(17)7-12(18)6-10/h4-8,16H,19H2,1-3H3. The largest absolute Gasteiger partial charge is 0.493 e. The number of hydrogen-bond acceptors (Lipinski definition) is 3. The molecule has 0 aliphatic rings. The number of benzene rings is 2. The lowest BCUT2D eigenvalue weighted by molar-refractivity contribution is 0.354. The molecular weight excluding hydrogens is 276 g/mol. The Hall–Kier alpha value is -2.14. The van der Waals surface area contributed by atoms with Crippen LogP contribution in [-0.2, 0) is 0 Å². The van der Waals surface area contributed by atoms with E-state index in [0.29, 0.717) is 17.1 Å². The number of halogens is 2. The van der Waals surface area contributed by atoms with E-state index in [4.69, 9.17) is 15.2 Å². The third-order valence-electron chi connectivity index (χ3n) is 3.35. The van der Waals surface area contributed by atoms with Crippen molar-refractivity contribution in [2.45, 2.75) is 13.0 Å². The Morgan fingerprint density at radius 2 is 1.43 bits per heavy atom. The van der Waals surface area contributed by atoms with Gasteiger partial charge in [0.2, 0.25) is 0 Å². The van der Waals surface area contributed by atoms with Gasteiger partial charge in [0.15, 0.2) is 11.5 Å². The molecule has 21 heavy (non-hydrogen) atoms. The number of hydrogen-bond donors (Lipinski definition) is 1. The number of aryl methyl sites for hydroxylation is 1. The van der Waals surface area contributed by atoms with E-state index in [1.54, 1.807) is 19.2 Å². The molecule has 0 saturated carbocycles. The lowest BCUT2D eigenvalue weighted by Crippen LogP contribution is -2.14. The summed E-state index contributed by atoms with van der Waals surface area (Å²) in [7, 11) is 3.06. The van der Waals surface area contributed by atoms with E-state index in [9.17, 15) is 8.78 Å². The number of ether oxygens (including phenoxy) is 2. The predicted molar refractivity (Wildman–Crippen MR) is 76.7 cm³/mol. The monoisotopic (exact) mass is 293 g/mol. The molecule has 0 amide bonds. The highest BCUT2D eigenvalue weighted by molar-refractivity contribution is 5.50. The maximum atomic E-state index is 13.3. The van der Waals surface area contributed by atoms with Gasteiger partial charge in [0.1, 0.15) is 11.6 Å². The van der Waals surface area contributed by atoms with Crippen molar-refractivity contribution in [3.63, 3.8) is 0 Å². The van der Waals surface area contributed by atoms with Gasteiger partial charge in [-0.25, -0.2) is 8.78 Å². The smallest absolute Gasteiger partial charge is 0.161 e. The molecule has 3 nitrogen and oxygen atoms in total. The van der Waals surface area contributed by atoms with E-state index in [1.807, 2.05) is 6.92 Å². The van der Waals surface area contributed by atoms with Crippen molar-refractivity contribution < 1.29 is 18.3 Å². The molecule has 0 aliphatic carbocycles. The van der Waals surface area contributed by atoms with Crippen molar-refractivity contribution in [2.24, 2.45) is 5.73 Å². The van der Waals surface area contributed by atoms with Crippen LogP contribution in [0.5, 0.6) is 11.5 Å². The molecule has 112 valence electrons. The summed E-state index contributed by atoms with van der Waals surface area (Å²) in [6.07, 6.45) is 0. The molecule has 0 bridgehead atoms. The topological polar surface area (TPSA) is 44.5 Å². The molecule has 2 rings (SSSR count). The molecule has 2 aromatic rings. The van der Waals surface area contributed by atoms with E-state index < -0.39 is 17.7 Å². The lowest BCUT2D eigenvalue weighted by atomic mass is 9.95. The fourth-order valence-electron chi connectivity index (χ4n) is 2.27. The van der Waals surface area contributed by atoms with Gasteiger partial charge in [-0.05, 0) is 47.9 Å². The first-order valence-electron chi connectivity index (χ1n) is 6.40. The third-order valence-corrected chi connectivity index (χ3v) is 3.35. The average molecular weight is 293 g/mol. The SMILES string of the molecule is COc1cc(C)c(C(N)c2cc(F)cc(F)c2)cc1OC. The summed E-state index contributed by atoms with van der Waals surface area (Å²) in [6.45, 7) is 1.85. The van der Waals surface area contributed by atoms with Crippen LogP contribution in [0.25, 0.3) is 0 Å². The number of rotatable bonds is 4. The second-order valence-corrected chi connectivity index (χ2v) is 4.74. The molecule has 0 saturated heterocycles. The third kappa shape index (κ3) is 3.13. The van der Waals surface area contributed by atoms with Gasteiger partial charge < -0.3 is 15.2 Å². The highest BCUT2D eigenvalue weighted by Crippen LogP contribution is 2.34. The van der Waals surface area contributed by atoms with E-state index in [-0.39, 0.29) is 0 Å². The highest BCUT2D eigenvalue weighted by Gasteiger charge is 2.17. The van der Waals surface area contributed by atoms with Crippen LogP contribution in [0, 0.1) is 18.6 Å². The van der Waals surface area contributed by atoms with Crippen molar-refractivity contribution in [3.8, 4) is 11.5 Å². The lowest BCUT2D eigenvalue weighted by Gasteiger charge is -2.18. The Morgan fingerprint density at radius 1 is 0.905 bits per heavy atom. The van der Waals surface area contributed by atoms with Gasteiger partial charge in [0.05, 0.1) is 20.3 Å². The van der Waals surface area contributed by atoms with Crippen LogP contribution in [0.4, 0.5) is 8.78 Å². The Morgan fingerprint density at radius 3 is 1.95 bits per heavy atom. The van der Waals surface area contributed by atoms with Crippen molar-refractivity contribution in [1.82, 2.24) is 0 Å². The summed E-state index contributed by atoms with van der Waals surface area (Å²) in [5.41, 5.74) is 8.08. The van der Waals surface area contributed by atoms with Crippen molar-refractivity contribution >= 4 is 0 Å². The summed E-state index contributed by atoms with van der Waals surface area (Å²) in [4.78, 5) is 0. The Labute approximate surface area is 122 Å². The minimum atomic E-state index is -0.657. The molecule has 0 aromatic heterocycles. The van der Waals surface area contributed by atoms with Crippen LogP contribution in [0.3, 0.4) is 0 Å². The normalized spacial score (nSPS) is 12.1. The van der Waals surface area contributed by atoms with Gasteiger partial charge in [-0.1, -0.05) is 0 Å². The van der Waals surface area contributed by atoms with Crippen molar-refractivity contribution in [1.29, 1.82) is 0 Å². The second kappa shape index (κ2) is 6.10. The average Bonchev–Trinajstić information content (AvgIpc) is 2.45. The molecule has 1 atom stereocenters. The first kappa shape index (κ1) is 15.3. The molecule has 0 radical (unpaired) electrons. The first-order chi connectivity index (χ1) is 9.96. The van der Waals surface area contributed by atoms with Gasteiger partial charge in [-0.3, -0.25) is 0 Å². The summed E-state index contributed by atoms with van der Waals surface area (Å²) >= 11 is 0. The number of nitrogens with two attached hydrogens (primary N) is 1. The summed E-state index contributed by atoms with van der Waals surface area (Å²) in [5, 5.41) is 0. The van der Waals surface area contributed by atoms with Gasteiger partial charge in [0.25, 0.3) is 0 Å². The van der Waals surface area contributed by atoms with Crippen LogP contribution in [0.15, 0.2) is 30.3 Å². The molecule has 2 aromatic carbocycles. The van der Waals surface area contributed by atoms with Gasteiger partial charge in [0, 0.05) is 6.07 Å². The van der Waals surface area contributed by atoms with E-state index in [0.717, 1.165) is 17.2 Å². The van der Waals surface area contributed by atoms with Crippen LogP contribution < -0.4 is 15.2 Å². The minimum Gasteiger partial charge on any atom is -0.493 e. The van der Waals surface area contributed by atoms with Gasteiger partial charge >= 0.3 is 0 Å². The maximum Gasteiger partial charge on any atom is 0.161 e. The fraction of sp³-hybridized carbons (Fsp3) is 0.250.